The summed E-state index contributed by atoms with van der Waals surface area (Å²) >= 11 is 0. The number of halogens is 2. The number of hydrogen-bond acceptors (Lipinski definition) is 4. The summed E-state index contributed by atoms with van der Waals surface area (Å²) in [6.07, 6.45) is 2.59. The molecule has 2 aromatic carbocycles. The molecule has 0 aliphatic rings. The van der Waals surface area contributed by atoms with Crippen LogP contribution in [0.4, 0.5) is 8.78 Å². The van der Waals surface area contributed by atoms with Crippen LogP contribution in [0.2, 0.25) is 0 Å². The van der Waals surface area contributed by atoms with Gasteiger partial charge in [0.25, 0.3) is 5.91 Å². The fraction of sp³-hybridized carbons (Fsp3) is 0.200. The third-order valence-electron chi connectivity index (χ3n) is 3.60. The van der Waals surface area contributed by atoms with E-state index < -0.39 is 25.1 Å². The van der Waals surface area contributed by atoms with Crippen LogP contribution in [0, 0.1) is 6.92 Å². The monoisotopic (exact) mass is 375 g/mol. The standard InChI is InChI=1S/C20H19F2NO4/c1-14-4-2-3-5-16(14)12-23-18(24)13-26-19(25)11-8-15-6-9-17(10-7-15)27-20(21)22/h2-11,20H,12-13H2,1H3,(H,23,24)/b11-8+. The highest BCUT2D eigenvalue weighted by atomic mass is 19.3. The lowest BCUT2D eigenvalue weighted by atomic mass is 10.1. The van der Waals surface area contributed by atoms with Crippen molar-refractivity contribution in [2.75, 3.05) is 6.61 Å². The van der Waals surface area contributed by atoms with Crippen molar-refractivity contribution in [1.29, 1.82) is 0 Å². The Morgan fingerprint density at radius 1 is 1.11 bits per heavy atom. The summed E-state index contributed by atoms with van der Waals surface area (Å²) in [6.45, 7) is -0.987. The van der Waals surface area contributed by atoms with E-state index in [4.69, 9.17) is 4.74 Å². The van der Waals surface area contributed by atoms with Gasteiger partial charge in [0.05, 0.1) is 0 Å². The number of carbonyl (C=O) groups excluding carboxylic acids is 2. The molecule has 0 spiro atoms. The lowest BCUT2D eigenvalue weighted by Crippen LogP contribution is -2.28. The number of ether oxygens (including phenoxy) is 2. The third kappa shape index (κ3) is 7.27. The van der Waals surface area contributed by atoms with Gasteiger partial charge in [0.1, 0.15) is 5.75 Å². The van der Waals surface area contributed by atoms with Gasteiger partial charge >= 0.3 is 12.6 Å². The number of amides is 1. The van der Waals surface area contributed by atoms with Gasteiger partial charge in [-0.25, -0.2) is 4.79 Å². The highest BCUT2D eigenvalue weighted by Crippen LogP contribution is 2.15. The highest BCUT2D eigenvalue weighted by Gasteiger charge is 2.06. The van der Waals surface area contributed by atoms with Crippen LogP contribution in [0.5, 0.6) is 5.75 Å². The van der Waals surface area contributed by atoms with Gasteiger partial charge < -0.3 is 14.8 Å². The molecule has 0 bridgehead atoms. The summed E-state index contributed by atoms with van der Waals surface area (Å²) < 4.78 is 33.2. The normalized spacial score (nSPS) is 10.8. The highest BCUT2D eigenvalue weighted by molar-refractivity contribution is 5.89. The molecule has 27 heavy (non-hydrogen) atoms. The molecule has 0 saturated carbocycles. The molecule has 0 aromatic heterocycles. The van der Waals surface area contributed by atoms with Gasteiger partial charge in [-0.1, -0.05) is 36.4 Å². The fourth-order valence-corrected chi connectivity index (χ4v) is 2.16. The maximum Gasteiger partial charge on any atom is 0.387 e. The first-order chi connectivity index (χ1) is 12.9. The number of alkyl halides is 2. The largest absolute Gasteiger partial charge is 0.452 e. The second kappa shape index (κ2) is 10.1. The molecule has 0 unspecified atom stereocenters. The SMILES string of the molecule is Cc1ccccc1CNC(=O)COC(=O)/C=C/c1ccc(OC(F)F)cc1. The Morgan fingerprint density at radius 3 is 2.48 bits per heavy atom. The molecule has 0 atom stereocenters. The summed E-state index contributed by atoms with van der Waals surface area (Å²) in [4.78, 5) is 23.4. The summed E-state index contributed by atoms with van der Waals surface area (Å²) in [6, 6.07) is 13.4. The first-order valence-corrected chi connectivity index (χ1v) is 8.15. The maximum atomic E-state index is 12.1. The van der Waals surface area contributed by atoms with E-state index in [-0.39, 0.29) is 5.75 Å². The molecule has 0 aliphatic carbocycles. The molecule has 0 radical (unpaired) electrons. The van der Waals surface area contributed by atoms with Crippen molar-refractivity contribution in [1.82, 2.24) is 5.32 Å². The number of carbonyl (C=O) groups is 2. The van der Waals surface area contributed by atoms with Gasteiger partial charge in [0, 0.05) is 12.6 Å². The van der Waals surface area contributed by atoms with E-state index in [9.17, 15) is 18.4 Å². The molecule has 5 nitrogen and oxygen atoms in total. The Hall–Kier alpha value is -3.22. The molecular formula is C20H19F2NO4. The van der Waals surface area contributed by atoms with E-state index in [1.54, 1.807) is 0 Å². The summed E-state index contributed by atoms with van der Waals surface area (Å²) in [5.41, 5.74) is 2.64. The van der Waals surface area contributed by atoms with Crippen molar-refractivity contribution in [3.8, 4) is 5.75 Å². The fourth-order valence-electron chi connectivity index (χ4n) is 2.16. The number of esters is 1. The van der Waals surface area contributed by atoms with Gasteiger partial charge in [-0.15, -0.1) is 0 Å². The van der Waals surface area contributed by atoms with Gasteiger partial charge in [-0.3, -0.25) is 4.79 Å². The molecule has 2 rings (SSSR count). The van der Waals surface area contributed by atoms with Crippen molar-refractivity contribution in [3.05, 3.63) is 71.3 Å². The summed E-state index contributed by atoms with van der Waals surface area (Å²) in [7, 11) is 0. The van der Waals surface area contributed by atoms with Crippen molar-refractivity contribution in [2.24, 2.45) is 0 Å². The number of hydrogen-bond donors (Lipinski definition) is 1. The van der Waals surface area contributed by atoms with Crippen LogP contribution in [0.15, 0.2) is 54.6 Å². The van der Waals surface area contributed by atoms with Crippen molar-refractivity contribution < 1.29 is 27.8 Å². The molecule has 1 amide bonds. The Morgan fingerprint density at radius 2 is 1.81 bits per heavy atom. The molecule has 2 aromatic rings. The molecule has 0 heterocycles. The van der Waals surface area contributed by atoms with Gasteiger partial charge in [-0.05, 0) is 41.8 Å². The molecule has 142 valence electrons. The van der Waals surface area contributed by atoms with Crippen LogP contribution in [0.1, 0.15) is 16.7 Å². The molecule has 0 fully saturated rings. The van der Waals surface area contributed by atoms with Crippen LogP contribution < -0.4 is 10.1 Å². The topological polar surface area (TPSA) is 64.6 Å². The van der Waals surface area contributed by atoms with Crippen molar-refractivity contribution in [3.63, 3.8) is 0 Å². The van der Waals surface area contributed by atoms with Gasteiger partial charge in [-0.2, -0.15) is 8.78 Å². The predicted molar refractivity (Wildman–Crippen MR) is 96.1 cm³/mol. The second-order valence-electron chi connectivity index (χ2n) is 5.59. The predicted octanol–water partition coefficient (Wildman–Crippen LogP) is 3.47. The molecule has 0 aliphatic heterocycles. The zero-order valence-electron chi connectivity index (χ0n) is 14.7. The Kier molecular flexibility index (Phi) is 7.49. The minimum atomic E-state index is -2.89. The minimum Gasteiger partial charge on any atom is -0.452 e. The van der Waals surface area contributed by atoms with Crippen LogP contribution in [-0.4, -0.2) is 25.1 Å². The zero-order chi connectivity index (χ0) is 19.6. The van der Waals surface area contributed by atoms with Gasteiger partial charge in [0.15, 0.2) is 6.61 Å². The number of nitrogens with one attached hydrogen (secondary N) is 1. The summed E-state index contributed by atoms with van der Waals surface area (Å²) in [5, 5.41) is 2.68. The molecule has 1 N–H and O–H groups in total. The average molecular weight is 375 g/mol. The number of benzene rings is 2. The minimum absolute atomic E-state index is 0.0232. The van der Waals surface area contributed by atoms with Crippen LogP contribution in [0.3, 0.4) is 0 Å². The van der Waals surface area contributed by atoms with Crippen LogP contribution in [-0.2, 0) is 20.9 Å². The smallest absolute Gasteiger partial charge is 0.387 e. The zero-order valence-corrected chi connectivity index (χ0v) is 14.7. The first kappa shape index (κ1) is 20.1. The van der Waals surface area contributed by atoms with E-state index in [1.165, 1.54) is 30.3 Å². The van der Waals surface area contributed by atoms with Crippen molar-refractivity contribution >= 4 is 18.0 Å². The molecule has 7 heteroatoms. The Labute approximate surface area is 155 Å². The van der Waals surface area contributed by atoms with E-state index in [2.05, 4.69) is 10.1 Å². The van der Waals surface area contributed by atoms with Gasteiger partial charge in [0.2, 0.25) is 0 Å². The van der Waals surface area contributed by atoms with E-state index >= 15 is 0 Å². The van der Waals surface area contributed by atoms with E-state index in [0.717, 1.165) is 17.2 Å². The van der Waals surface area contributed by atoms with E-state index in [0.29, 0.717) is 12.1 Å². The second-order valence-corrected chi connectivity index (χ2v) is 5.59. The van der Waals surface area contributed by atoms with Crippen LogP contribution in [0.25, 0.3) is 6.08 Å². The number of aryl methyl sites for hydroxylation is 1. The average Bonchev–Trinajstić information content (AvgIpc) is 2.64. The quantitative estimate of drug-likeness (QED) is 0.567. The van der Waals surface area contributed by atoms with E-state index in [1.807, 2.05) is 31.2 Å². The third-order valence-corrected chi connectivity index (χ3v) is 3.60. The summed E-state index contributed by atoms with van der Waals surface area (Å²) in [5.74, 6) is -1.07. The van der Waals surface area contributed by atoms with Crippen LogP contribution >= 0.6 is 0 Å². The maximum absolute atomic E-state index is 12.1. The lowest BCUT2D eigenvalue weighted by Gasteiger charge is -2.07. The lowest BCUT2D eigenvalue weighted by molar-refractivity contribution is -0.143. The Balaban J connectivity index is 1.74. The van der Waals surface area contributed by atoms with Crippen molar-refractivity contribution in [2.45, 2.75) is 20.1 Å². The Bertz CT molecular complexity index is 804. The molecule has 0 saturated heterocycles. The first-order valence-electron chi connectivity index (χ1n) is 8.15. The molecular weight excluding hydrogens is 356 g/mol. The number of rotatable bonds is 8.